The molecule has 0 N–H and O–H groups in total. The summed E-state index contributed by atoms with van der Waals surface area (Å²) in [7, 11) is -5.39. The van der Waals surface area contributed by atoms with Crippen molar-refractivity contribution in [3.05, 3.63) is 22.3 Å². The first kappa shape index (κ1) is 52.1. The molecule has 0 aliphatic rings. The van der Waals surface area contributed by atoms with Crippen molar-refractivity contribution < 1.29 is 77.7 Å². The molecule has 4 nitrogen and oxygen atoms in total. The van der Waals surface area contributed by atoms with E-state index in [4.69, 9.17) is 19.2 Å². The van der Waals surface area contributed by atoms with Crippen LogP contribution in [0, 0.1) is 22.3 Å². The Bertz CT molecular complexity index is 66.7. The smallest absolute Gasteiger partial charge is 0.822 e. The van der Waals surface area contributed by atoms with Gasteiger partial charge in [0.15, 0.2) is 0 Å². The molecule has 0 saturated heterocycles. The number of hydrogen-bond donors (Lipinski definition) is 0. The summed E-state index contributed by atoms with van der Waals surface area (Å²) >= 11 is 0. The van der Waals surface area contributed by atoms with E-state index in [2.05, 4.69) is 0 Å². The van der Waals surface area contributed by atoms with Gasteiger partial charge >= 0.3 is 58.4 Å². The Morgan fingerprint density at radius 2 is 0.727 bits per heavy atom. The summed E-state index contributed by atoms with van der Waals surface area (Å²) in [5, 5.41) is 0. The summed E-state index contributed by atoms with van der Waals surface area (Å²) in [5.74, 6) is 0. The second-order valence-corrected chi connectivity index (χ2v) is 1.34. The fourth-order valence-electron chi connectivity index (χ4n) is 0. The van der Waals surface area contributed by atoms with Crippen molar-refractivity contribution >= 4 is 7.82 Å². The van der Waals surface area contributed by atoms with Gasteiger partial charge in [-0.05, 0) is 0 Å². The predicted octanol–water partition coefficient (Wildman–Crippen LogP) is -1.48. The van der Waals surface area contributed by atoms with E-state index in [-0.39, 0.29) is 80.7 Å². The van der Waals surface area contributed by atoms with Gasteiger partial charge in [0.05, 0.1) is 0 Å². The Kier molecular flexibility index (Phi) is 107. The van der Waals surface area contributed by atoms with Crippen LogP contribution in [0.2, 0.25) is 0 Å². The van der Waals surface area contributed by atoms with Crippen LogP contribution in [-0.2, 0) is 63.0 Å². The molecule has 11 heavy (non-hydrogen) atoms. The Labute approximate surface area is 107 Å². The van der Waals surface area contributed by atoms with E-state index < -0.39 is 7.82 Å². The number of rotatable bonds is 0. The first-order valence-corrected chi connectivity index (χ1v) is 2.19. The van der Waals surface area contributed by atoms with Crippen LogP contribution >= 0.6 is 7.82 Å². The van der Waals surface area contributed by atoms with Crippen LogP contribution in [-0.4, -0.2) is 0 Å². The molecule has 0 heterocycles. The van der Waals surface area contributed by atoms with E-state index in [1.165, 1.54) is 0 Å². The Balaban J connectivity index is -0.00000000533. The van der Waals surface area contributed by atoms with Gasteiger partial charge in [0.25, 0.3) is 0 Å². The third-order valence-electron chi connectivity index (χ3n) is 0. The maximum absolute atomic E-state index is 8.55. The topological polar surface area (TPSA) is 86.2 Å². The van der Waals surface area contributed by atoms with Crippen LogP contribution in [0.15, 0.2) is 0 Å². The monoisotopic (exact) mass is 332 g/mol. The second kappa shape index (κ2) is 22.7. The van der Waals surface area contributed by atoms with Gasteiger partial charge < -0.3 is 41.5 Å². The Morgan fingerprint density at radius 1 is 0.727 bits per heavy atom. The maximum atomic E-state index is 8.55. The molecule has 0 amide bonds. The largest absolute Gasteiger partial charge is 2.00 e. The molecule has 56 valence electrons. The van der Waals surface area contributed by atoms with E-state index in [0.29, 0.717) is 0 Å². The molecule has 0 fully saturated rings. The first-order valence-electron chi connectivity index (χ1n) is 0.730. The van der Waals surface area contributed by atoms with Crippen LogP contribution in [0.5, 0.6) is 0 Å². The van der Waals surface area contributed by atoms with Crippen LogP contribution in [0.25, 0.3) is 0 Å². The molecular formula is C3H9O4PZn3. The van der Waals surface area contributed by atoms with Crippen molar-refractivity contribution in [1.29, 1.82) is 0 Å². The summed E-state index contributed by atoms with van der Waals surface area (Å²) in [6.07, 6.45) is 0. The van der Waals surface area contributed by atoms with Gasteiger partial charge in [0.1, 0.15) is 0 Å². The molecule has 0 spiro atoms. The molecular weight excluding hydrogens is 327 g/mol. The van der Waals surface area contributed by atoms with Gasteiger partial charge in [-0.15, -0.1) is 0 Å². The second-order valence-electron chi connectivity index (χ2n) is 0.447. The van der Waals surface area contributed by atoms with Gasteiger partial charge in [0, 0.05) is 0 Å². The van der Waals surface area contributed by atoms with Crippen molar-refractivity contribution in [2.45, 2.75) is 0 Å². The Hall–Kier alpha value is 1.98. The molecule has 0 saturated carbocycles. The molecule has 0 radical (unpaired) electrons. The Morgan fingerprint density at radius 3 is 0.727 bits per heavy atom. The fraction of sp³-hybridized carbons (Fsp3) is 0. The molecule has 0 rings (SSSR count). The molecule has 0 unspecified atom stereocenters. The quantitative estimate of drug-likeness (QED) is 0.307. The number of hydrogen-bond acceptors (Lipinski definition) is 4. The zero-order valence-corrected chi connectivity index (χ0v) is 17.0. The zero-order chi connectivity index (χ0) is 4.50. The van der Waals surface area contributed by atoms with Crippen LogP contribution < -0.4 is 14.7 Å². The van der Waals surface area contributed by atoms with E-state index in [9.17, 15) is 0 Å². The third kappa shape index (κ3) is 304. The summed E-state index contributed by atoms with van der Waals surface area (Å²) in [6, 6.07) is 0. The summed E-state index contributed by atoms with van der Waals surface area (Å²) in [6.45, 7) is 0. The normalized spacial score (nSPS) is 5.36. The molecule has 0 bridgehead atoms. The van der Waals surface area contributed by atoms with E-state index >= 15 is 0 Å². The van der Waals surface area contributed by atoms with Crippen molar-refractivity contribution in [2.24, 2.45) is 0 Å². The van der Waals surface area contributed by atoms with Crippen molar-refractivity contribution in [3.8, 4) is 0 Å². The SMILES string of the molecule is O=P([O-])([O-])[O-].[CH3-].[CH3-].[CH3-].[Zn+2].[Zn+2].[Zn+2]. The minimum atomic E-state index is -5.39. The molecule has 0 aromatic heterocycles. The zero-order valence-electron chi connectivity index (χ0n) is 7.20. The molecule has 8 heteroatoms. The van der Waals surface area contributed by atoms with Crippen LogP contribution in [0.3, 0.4) is 0 Å². The molecule has 0 aliphatic carbocycles. The van der Waals surface area contributed by atoms with Gasteiger partial charge in [0.2, 0.25) is 0 Å². The van der Waals surface area contributed by atoms with E-state index in [1.54, 1.807) is 0 Å². The third-order valence-corrected chi connectivity index (χ3v) is 0. The average molecular weight is 336 g/mol. The standard InChI is InChI=1S/3CH3.H3O4P.3Zn/c;;;1-5(2,3)4;;;/h3*1H3;(H3,1,2,3,4);;;/q3*-1;;3*+2/p-3. The molecule has 0 atom stereocenters. The van der Waals surface area contributed by atoms with Crippen molar-refractivity contribution in [1.82, 2.24) is 0 Å². The molecule has 0 aliphatic heterocycles. The van der Waals surface area contributed by atoms with Gasteiger partial charge in [-0.1, -0.05) is 0 Å². The van der Waals surface area contributed by atoms with Gasteiger partial charge in [-0.3, -0.25) is 0 Å². The van der Waals surface area contributed by atoms with Crippen molar-refractivity contribution in [3.63, 3.8) is 0 Å². The molecule has 0 aromatic rings. The fourth-order valence-corrected chi connectivity index (χ4v) is 0. The van der Waals surface area contributed by atoms with Crippen LogP contribution in [0.4, 0.5) is 0 Å². The molecule has 0 aromatic carbocycles. The van der Waals surface area contributed by atoms with E-state index in [1.807, 2.05) is 0 Å². The summed E-state index contributed by atoms with van der Waals surface area (Å²) in [5.41, 5.74) is 0. The van der Waals surface area contributed by atoms with Crippen LogP contribution in [0.1, 0.15) is 0 Å². The minimum absolute atomic E-state index is 0. The van der Waals surface area contributed by atoms with E-state index in [0.717, 1.165) is 0 Å². The van der Waals surface area contributed by atoms with Crippen molar-refractivity contribution in [2.75, 3.05) is 0 Å². The van der Waals surface area contributed by atoms with Gasteiger partial charge in [-0.25, -0.2) is 0 Å². The first-order chi connectivity index (χ1) is 2.00. The minimum Gasteiger partial charge on any atom is -0.822 e. The average Bonchev–Trinajstić information content (AvgIpc) is 0.722. The number of phosphoric acid groups is 1. The summed E-state index contributed by atoms with van der Waals surface area (Å²) < 4.78 is 8.55. The van der Waals surface area contributed by atoms with Gasteiger partial charge in [-0.2, -0.15) is 7.82 Å². The summed E-state index contributed by atoms with van der Waals surface area (Å²) in [4.78, 5) is 25.6. The predicted molar refractivity (Wildman–Crippen MR) is 26.8 cm³/mol. The maximum Gasteiger partial charge on any atom is 2.00 e.